The molecule has 50 heavy (non-hydrogen) atoms. The summed E-state index contributed by atoms with van der Waals surface area (Å²) in [6.45, 7) is 7.19. The van der Waals surface area contributed by atoms with Gasteiger partial charge in [0.1, 0.15) is 23.9 Å². The number of ether oxygens (including phenoxy) is 5. The Balaban J connectivity index is 1.26. The van der Waals surface area contributed by atoms with E-state index >= 15 is 0 Å². The summed E-state index contributed by atoms with van der Waals surface area (Å²) in [7, 11) is 3.42. The van der Waals surface area contributed by atoms with Gasteiger partial charge in [-0.3, -0.25) is 0 Å². The third-order valence-electron chi connectivity index (χ3n) is 9.68. The van der Waals surface area contributed by atoms with Gasteiger partial charge in [-0.15, -0.1) is 0 Å². The third kappa shape index (κ3) is 7.16. The van der Waals surface area contributed by atoms with Gasteiger partial charge < -0.3 is 33.2 Å². The van der Waals surface area contributed by atoms with Crippen LogP contribution in [0.5, 0.6) is 11.5 Å². The van der Waals surface area contributed by atoms with Crippen LogP contribution in [0.3, 0.4) is 0 Å². The van der Waals surface area contributed by atoms with E-state index in [9.17, 15) is 0 Å². The molecule has 258 valence electrons. The number of allylic oxidation sites excluding steroid dienone is 3. The van der Waals surface area contributed by atoms with E-state index in [-0.39, 0.29) is 6.04 Å². The number of anilines is 2. The van der Waals surface area contributed by atoms with Gasteiger partial charge in [-0.1, -0.05) is 30.7 Å². The Hall–Kier alpha value is -4.98. The fraction of sp³-hybridized carbons (Fsp3) is 0.302. The average molecular weight is 671 g/mol. The number of fused-ring (bicyclic) bond motifs is 3. The van der Waals surface area contributed by atoms with E-state index in [1.165, 1.54) is 27.4 Å². The van der Waals surface area contributed by atoms with Crippen molar-refractivity contribution in [2.24, 2.45) is 0 Å². The lowest BCUT2D eigenvalue weighted by atomic mass is 9.96. The molecule has 0 radical (unpaired) electrons. The van der Waals surface area contributed by atoms with Crippen LogP contribution in [0.15, 0.2) is 121 Å². The van der Waals surface area contributed by atoms with Crippen LogP contribution in [0.2, 0.25) is 0 Å². The molecule has 0 amide bonds. The highest BCUT2D eigenvalue weighted by Crippen LogP contribution is 2.41. The summed E-state index contributed by atoms with van der Waals surface area (Å²) in [5, 5.41) is 2.46. The van der Waals surface area contributed by atoms with Crippen LogP contribution in [0.1, 0.15) is 38.2 Å². The maximum atomic E-state index is 5.99. The second-order valence-corrected chi connectivity index (χ2v) is 12.7. The Kier molecular flexibility index (Phi) is 10.2. The standard InChI is InChI=1S/C43H46N2O5/c1-5-48-24-25-49-26-27-50-39-20-13-35(14-21-39)45-42-22-8-32(30(2)31-6-7-31)28-40(42)41-29-36(15-23-43(41)45)44(33-9-16-37(46-3)17-10-33)34-11-18-38(47-4)19-12-34/h6,8-11,13-23,28-30,34H,5,7,12,24-27H2,1-4H3. The zero-order valence-electron chi connectivity index (χ0n) is 29.4. The van der Waals surface area contributed by atoms with E-state index in [0.717, 1.165) is 52.7 Å². The molecule has 4 aromatic carbocycles. The summed E-state index contributed by atoms with van der Waals surface area (Å²) in [5.74, 6) is 2.96. The van der Waals surface area contributed by atoms with E-state index in [1.54, 1.807) is 14.2 Å². The van der Waals surface area contributed by atoms with Crippen LogP contribution in [-0.4, -0.2) is 57.9 Å². The van der Waals surface area contributed by atoms with Crippen molar-refractivity contribution in [3.05, 3.63) is 126 Å². The second kappa shape index (κ2) is 15.3. The predicted octanol–water partition coefficient (Wildman–Crippen LogP) is 9.65. The summed E-state index contributed by atoms with van der Waals surface area (Å²) >= 11 is 0. The lowest BCUT2D eigenvalue weighted by molar-refractivity contribution is 0.0405. The molecule has 0 fully saturated rings. The monoisotopic (exact) mass is 670 g/mol. The molecule has 1 aromatic heterocycles. The van der Waals surface area contributed by atoms with Crippen molar-refractivity contribution in [2.45, 2.75) is 38.6 Å². The molecule has 2 unspecified atom stereocenters. The number of aromatic nitrogens is 1. The second-order valence-electron chi connectivity index (χ2n) is 12.7. The topological polar surface area (TPSA) is 54.3 Å². The number of nitrogens with zero attached hydrogens (tertiary/aromatic N) is 2. The van der Waals surface area contributed by atoms with E-state index in [4.69, 9.17) is 23.7 Å². The molecule has 2 aliphatic carbocycles. The Morgan fingerprint density at radius 1 is 0.740 bits per heavy atom. The molecule has 0 saturated carbocycles. The van der Waals surface area contributed by atoms with Crippen molar-refractivity contribution in [1.82, 2.24) is 4.57 Å². The minimum atomic E-state index is 0.119. The highest BCUT2D eigenvalue weighted by molar-refractivity contribution is 6.10. The Morgan fingerprint density at radius 2 is 1.42 bits per heavy atom. The van der Waals surface area contributed by atoms with Gasteiger partial charge in [0.25, 0.3) is 0 Å². The highest BCUT2D eigenvalue weighted by Gasteiger charge is 2.24. The molecule has 0 saturated heterocycles. The molecule has 2 atom stereocenters. The molecular formula is C43H46N2O5. The summed E-state index contributed by atoms with van der Waals surface area (Å²) in [6, 6.07) is 30.6. The first-order valence-corrected chi connectivity index (χ1v) is 17.6. The number of hydrogen-bond acceptors (Lipinski definition) is 6. The van der Waals surface area contributed by atoms with Crippen molar-refractivity contribution in [3.8, 4) is 17.2 Å². The van der Waals surface area contributed by atoms with Crippen molar-refractivity contribution < 1.29 is 23.7 Å². The molecule has 1 heterocycles. The smallest absolute Gasteiger partial charge is 0.119 e. The van der Waals surface area contributed by atoms with Gasteiger partial charge in [0.2, 0.25) is 0 Å². The third-order valence-corrected chi connectivity index (χ3v) is 9.68. The molecule has 7 heteroatoms. The summed E-state index contributed by atoms with van der Waals surface area (Å²) < 4.78 is 30.3. The molecule has 7 nitrogen and oxygen atoms in total. The molecular weight excluding hydrogens is 624 g/mol. The molecule has 0 spiro atoms. The van der Waals surface area contributed by atoms with E-state index in [2.05, 4.69) is 101 Å². The molecule has 2 aliphatic rings. The Morgan fingerprint density at radius 3 is 2.10 bits per heavy atom. The highest BCUT2D eigenvalue weighted by atomic mass is 16.5. The van der Waals surface area contributed by atoms with Gasteiger partial charge in [0, 0.05) is 40.4 Å². The van der Waals surface area contributed by atoms with Crippen molar-refractivity contribution in [2.75, 3.05) is 52.2 Å². The van der Waals surface area contributed by atoms with E-state index < -0.39 is 0 Å². The quantitative estimate of drug-likeness (QED) is 0.0770. The molecule has 0 N–H and O–H groups in total. The van der Waals surface area contributed by atoms with E-state index in [0.29, 0.717) is 39.0 Å². The first-order valence-electron chi connectivity index (χ1n) is 17.6. The fourth-order valence-corrected chi connectivity index (χ4v) is 6.83. The lowest BCUT2D eigenvalue weighted by Crippen LogP contribution is -2.30. The van der Waals surface area contributed by atoms with Crippen molar-refractivity contribution >= 4 is 33.2 Å². The van der Waals surface area contributed by atoms with Crippen LogP contribution >= 0.6 is 0 Å². The van der Waals surface area contributed by atoms with E-state index in [1.807, 2.05) is 31.2 Å². The lowest BCUT2D eigenvalue weighted by Gasteiger charge is -2.33. The van der Waals surface area contributed by atoms with Crippen molar-refractivity contribution in [1.29, 1.82) is 0 Å². The largest absolute Gasteiger partial charge is 0.497 e. The molecule has 0 bridgehead atoms. The minimum Gasteiger partial charge on any atom is -0.497 e. The summed E-state index contributed by atoms with van der Waals surface area (Å²) in [6.07, 6.45) is 10.7. The average Bonchev–Trinajstić information content (AvgIpc) is 3.97. The number of methoxy groups -OCH3 is 2. The summed E-state index contributed by atoms with van der Waals surface area (Å²) in [4.78, 5) is 2.41. The first-order chi connectivity index (χ1) is 24.6. The number of rotatable bonds is 16. The normalized spacial score (nSPS) is 15.9. The van der Waals surface area contributed by atoms with Crippen LogP contribution in [0.4, 0.5) is 11.4 Å². The zero-order valence-corrected chi connectivity index (χ0v) is 29.4. The van der Waals surface area contributed by atoms with Gasteiger partial charge >= 0.3 is 0 Å². The first kappa shape index (κ1) is 33.5. The van der Waals surface area contributed by atoms with Crippen LogP contribution in [0.25, 0.3) is 27.5 Å². The SMILES string of the molecule is CCOCCOCCOc1ccc(-n2c3ccc(C(C)C4=CC4)cc3c3cc(N(c4ccc(OC)cc4)C4C=CC(OC)=CC4)ccc32)cc1. The fourth-order valence-electron chi connectivity index (χ4n) is 6.83. The van der Waals surface area contributed by atoms with Gasteiger partial charge in [0.15, 0.2) is 0 Å². The molecule has 7 rings (SSSR count). The van der Waals surface area contributed by atoms with Crippen LogP contribution in [0, 0.1) is 0 Å². The molecule has 0 aliphatic heterocycles. The summed E-state index contributed by atoms with van der Waals surface area (Å²) in [5.41, 5.74) is 8.51. The van der Waals surface area contributed by atoms with Crippen LogP contribution in [-0.2, 0) is 14.2 Å². The Labute approximate surface area is 295 Å². The van der Waals surface area contributed by atoms with Gasteiger partial charge in [0.05, 0.1) is 51.1 Å². The van der Waals surface area contributed by atoms with Gasteiger partial charge in [-0.05, 0) is 116 Å². The Bertz CT molecular complexity index is 2020. The zero-order chi connectivity index (χ0) is 34.5. The molecule has 5 aromatic rings. The van der Waals surface area contributed by atoms with Crippen LogP contribution < -0.4 is 14.4 Å². The number of benzene rings is 4. The predicted molar refractivity (Wildman–Crippen MR) is 202 cm³/mol. The van der Waals surface area contributed by atoms with Gasteiger partial charge in [-0.25, -0.2) is 0 Å². The van der Waals surface area contributed by atoms with Crippen molar-refractivity contribution in [3.63, 3.8) is 0 Å². The minimum absolute atomic E-state index is 0.119. The maximum Gasteiger partial charge on any atom is 0.119 e. The maximum absolute atomic E-state index is 5.99. The van der Waals surface area contributed by atoms with Gasteiger partial charge in [-0.2, -0.15) is 0 Å². The number of hydrogen-bond donors (Lipinski definition) is 0.